The van der Waals surface area contributed by atoms with Crippen LogP contribution >= 0.6 is 0 Å². The van der Waals surface area contributed by atoms with Crippen LogP contribution in [0, 0.1) is 0 Å². The zero-order valence-electron chi connectivity index (χ0n) is 19.5. The fourth-order valence-electron chi connectivity index (χ4n) is 3.70. The van der Waals surface area contributed by atoms with Gasteiger partial charge in [-0.25, -0.2) is 4.79 Å². The number of aromatic hydroxyl groups is 1. The van der Waals surface area contributed by atoms with E-state index < -0.39 is 5.97 Å². The standard InChI is InChI=1S/C27H39NO3/c1-4-5-6-7-8-9-10-11-12-13-14-22-15-20-25(26(29)21-22)27(30)31-24-18-16-23(17-19-24)28(2)3/h15-21,29H,4-14H2,1-3H3. The maximum atomic E-state index is 12.4. The maximum absolute atomic E-state index is 12.4. The van der Waals surface area contributed by atoms with Crippen molar-refractivity contribution < 1.29 is 14.6 Å². The first-order valence-corrected chi connectivity index (χ1v) is 11.8. The zero-order chi connectivity index (χ0) is 22.5. The third kappa shape index (κ3) is 9.04. The van der Waals surface area contributed by atoms with E-state index in [2.05, 4.69) is 6.92 Å². The molecule has 2 aromatic rings. The van der Waals surface area contributed by atoms with Crippen LogP contribution in [-0.2, 0) is 6.42 Å². The topological polar surface area (TPSA) is 49.8 Å². The lowest BCUT2D eigenvalue weighted by Gasteiger charge is -2.13. The first kappa shape index (κ1) is 24.8. The molecule has 0 atom stereocenters. The van der Waals surface area contributed by atoms with E-state index in [0.29, 0.717) is 5.75 Å². The molecule has 31 heavy (non-hydrogen) atoms. The number of ether oxygens (including phenoxy) is 1. The monoisotopic (exact) mass is 425 g/mol. The summed E-state index contributed by atoms with van der Waals surface area (Å²) in [6.45, 7) is 2.25. The van der Waals surface area contributed by atoms with E-state index in [1.54, 1.807) is 24.3 Å². The molecular formula is C27H39NO3. The van der Waals surface area contributed by atoms with Crippen molar-refractivity contribution in [3.05, 3.63) is 53.6 Å². The largest absolute Gasteiger partial charge is 0.507 e. The summed E-state index contributed by atoms with van der Waals surface area (Å²) in [5.41, 5.74) is 2.28. The third-order valence-electron chi connectivity index (χ3n) is 5.66. The molecule has 0 bridgehead atoms. The first-order valence-electron chi connectivity index (χ1n) is 11.8. The van der Waals surface area contributed by atoms with Gasteiger partial charge in [-0.15, -0.1) is 0 Å². The lowest BCUT2D eigenvalue weighted by atomic mass is 10.0. The van der Waals surface area contributed by atoms with Gasteiger partial charge in [0.25, 0.3) is 0 Å². The summed E-state index contributed by atoms with van der Waals surface area (Å²) in [4.78, 5) is 14.4. The highest BCUT2D eigenvalue weighted by atomic mass is 16.5. The van der Waals surface area contributed by atoms with E-state index in [-0.39, 0.29) is 11.3 Å². The van der Waals surface area contributed by atoms with Crippen LogP contribution in [0.4, 0.5) is 5.69 Å². The van der Waals surface area contributed by atoms with Gasteiger partial charge in [-0.05, 0) is 54.8 Å². The maximum Gasteiger partial charge on any atom is 0.347 e. The Morgan fingerprint density at radius 1 is 0.839 bits per heavy atom. The Kier molecular flexibility index (Phi) is 11.0. The van der Waals surface area contributed by atoms with Gasteiger partial charge in [0.15, 0.2) is 0 Å². The van der Waals surface area contributed by atoms with Gasteiger partial charge in [-0.1, -0.05) is 70.8 Å². The van der Waals surface area contributed by atoms with Gasteiger partial charge < -0.3 is 14.7 Å². The molecule has 0 aliphatic carbocycles. The molecule has 0 aliphatic rings. The van der Waals surface area contributed by atoms with Crippen LogP contribution in [-0.4, -0.2) is 25.2 Å². The first-order chi connectivity index (χ1) is 15.0. The quantitative estimate of drug-likeness (QED) is 0.198. The smallest absolute Gasteiger partial charge is 0.347 e. The van der Waals surface area contributed by atoms with E-state index in [9.17, 15) is 9.90 Å². The number of benzene rings is 2. The number of aryl methyl sites for hydroxylation is 1. The molecule has 0 fully saturated rings. The number of hydrogen-bond donors (Lipinski definition) is 1. The van der Waals surface area contributed by atoms with Gasteiger partial charge in [0.1, 0.15) is 17.1 Å². The summed E-state index contributed by atoms with van der Waals surface area (Å²) in [5.74, 6) is -0.0930. The molecule has 0 radical (unpaired) electrons. The average Bonchev–Trinajstić information content (AvgIpc) is 2.75. The highest BCUT2D eigenvalue weighted by Crippen LogP contribution is 2.24. The van der Waals surface area contributed by atoms with E-state index in [1.165, 1.54) is 57.8 Å². The SMILES string of the molecule is CCCCCCCCCCCCc1ccc(C(=O)Oc2ccc(N(C)C)cc2)c(O)c1. The number of carbonyl (C=O) groups excluding carboxylic acids is 1. The molecule has 0 aromatic heterocycles. The molecule has 0 spiro atoms. The lowest BCUT2D eigenvalue weighted by Crippen LogP contribution is -2.10. The van der Waals surface area contributed by atoms with Crippen LogP contribution in [0.2, 0.25) is 0 Å². The molecule has 2 aromatic carbocycles. The predicted octanol–water partition coefficient (Wildman–Crippen LogP) is 7.14. The van der Waals surface area contributed by atoms with Crippen LogP contribution < -0.4 is 9.64 Å². The van der Waals surface area contributed by atoms with Crippen molar-refractivity contribution in [2.75, 3.05) is 19.0 Å². The van der Waals surface area contributed by atoms with Crippen molar-refractivity contribution in [3.8, 4) is 11.5 Å². The third-order valence-corrected chi connectivity index (χ3v) is 5.66. The number of rotatable bonds is 14. The molecule has 0 aliphatic heterocycles. The second kappa shape index (κ2) is 13.7. The molecule has 2 rings (SSSR count). The summed E-state index contributed by atoms with van der Waals surface area (Å²) in [7, 11) is 3.91. The van der Waals surface area contributed by atoms with Crippen LogP contribution in [0.25, 0.3) is 0 Å². The average molecular weight is 426 g/mol. The van der Waals surface area contributed by atoms with E-state index >= 15 is 0 Å². The molecule has 0 amide bonds. The Morgan fingerprint density at radius 2 is 1.42 bits per heavy atom. The number of esters is 1. The summed E-state index contributed by atoms with van der Waals surface area (Å²) in [6, 6.07) is 12.6. The summed E-state index contributed by atoms with van der Waals surface area (Å²) in [6.07, 6.45) is 14.0. The molecule has 4 heteroatoms. The molecular weight excluding hydrogens is 386 g/mol. The Labute approximate surface area is 188 Å². The highest BCUT2D eigenvalue weighted by molar-refractivity contribution is 5.94. The molecule has 0 saturated heterocycles. The number of phenolic OH excluding ortho intramolecular Hbond substituents is 1. The van der Waals surface area contributed by atoms with Crippen LogP contribution in [0.1, 0.15) is 87.1 Å². The van der Waals surface area contributed by atoms with Crippen molar-refractivity contribution in [1.29, 1.82) is 0 Å². The summed E-state index contributed by atoms with van der Waals surface area (Å²) >= 11 is 0. The number of unbranched alkanes of at least 4 members (excludes halogenated alkanes) is 9. The Balaban J connectivity index is 1.71. The second-order valence-electron chi connectivity index (χ2n) is 8.56. The molecule has 170 valence electrons. The van der Waals surface area contributed by atoms with Gasteiger partial charge in [0.2, 0.25) is 0 Å². The number of hydrogen-bond acceptors (Lipinski definition) is 4. The van der Waals surface area contributed by atoms with Gasteiger partial charge in [0, 0.05) is 19.8 Å². The Hall–Kier alpha value is -2.49. The Morgan fingerprint density at radius 3 is 1.97 bits per heavy atom. The van der Waals surface area contributed by atoms with Crippen LogP contribution in [0.5, 0.6) is 11.5 Å². The number of carbonyl (C=O) groups is 1. The lowest BCUT2D eigenvalue weighted by molar-refractivity contribution is 0.0731. The molecule has 0 heterocycles. The minimum Gasteiger partial charge on any atom is -0.507 e. The van der Waals surface area contributed by atoms with Crippen LogP contribution in [0.15, 0.2) is 42.5 Å². The van der Waals surface area contributed by atoms with Crippen molar-refractivity contribution in [1.82, 2.24) is 0 Å². The van der Waals surface area contributed by atoms with Gasteiger partial charge >= 0.3 is 5.97 Å². The van der Waals surface area contributed by atoms with Gasteiger partial charge in [-0.2, -0.15) is 0 Å². The normalized spacial score (nSPS) is 10.8. The minimum absolute atomic E-state index is 0.0144. The number of anilines is 1. The highest BCUT2D eigenvalue weighted by Gasteiger charge is 2.14. The van der Waals surface area contributed by atoms with E-state index in [0.717, 1.165) is 24.1 Å². The molecule has 0 unspecified atom stereocenters. The van der Waals surface area contributed by atoms with Crippen molar-refractivity contribution in [2.24, 2.45) is 0 Å². The zero-order valence-corrected chi connectivity index (χ0v) is 19.5. The van der Waals surface area contributed by atoms with E-state index in [1.807, 2.05) is 37.2 Å². The van der Waals surface area contributed by atoms with Crippen molar-refractivity contribution in [3.63, 3.8) is 0 Å². The Bertz CT molecular complexity index is 784. The van der Waals surface area contributed by atoms with E-state index in [4.69, 9.17) is 4.74 Å². The summed E-state index contributed by atoms with van der Waals surface area (Å²) in [5, 5.41) is 10.3. The van der Waals surface area contributed by atoms with Crippen molar-refractivity contribution >= 4 is 11.7 Å². The second-order valence-corrected chi connectivity index (χ2v) is 8.56. The summed E-state index contributed by atoms with van der Waals surface area (Å²) < 4.78 is 5.41. The number of nitrogens with zero attached hydrogens (tertiary/aromatic N) is 1. The van der Waals surface area contributed by atoms with Gasteiger partial charge in [0.05, 0.1) is 0 Å². The van der Waals surface area contributed by atoms with Crippen LogP contribution in [0.3, 0.4) is 0 Å². The van der Waals surface area contributed by atoms with Crippen molar-refractivity contribution in [2.45, 2.75) is 77.6 Å². The number of phenols is 1. The van der Waals surface area contributed by atoms with Gasteiger partial charge in [-0.3, -0.25) is 0 Å². The molecule has 4 nitrogen and oxygen atoms in total. The molecule has 0 saturated carbocycles. The molecule has 1 N–H and O–H groups in total. The fraction of sp³-hybridized carbons (Fsp3) is 0.519. The predicted molar refractivity (Wildman–Crippen MR) is 129 cm³/mol. The minimum atomic E-state index is -0.541. The fourth-order valence-corrected chi connectivity index (χ4v) is 3.70.